The number of carbonyl (C=O) groups excluding carboxylic acids is 1. The Morgan fingerprint density at radius 2 is 1.96 bits per heavy atom. The molecule has 0 saturated carbocycles. The Balaban J connectivity index is 2.01. The molecule has 2 heterocycles. The van der Waals surface area contributed by atoms with Crippen LogP contribution in [0.4, 0.5) is 5.95 Å². The summed E-state index contributed by atoms with van der Waals surface area (Å²) < 4.78 is 5.64. The lowest BCUT2D eigenvalue weighted by atomic mass is 10.1. The number of unbranched alkanes of at least 4 members (excludes halogenated alkanes) is 1. The highest BCUT2D eigenvalue weighted by molar-refractivity contribution is 6.08. The number of fused-ring (bicyclic) bond motifs is 1. The van der Waals surface area contributed by atoms with Crippen molar-refractivity contribution >= 4 is 22.9 Å². The fourth-order valence-corrected chi connectivity index (χ4v) is 2.16. The normalized spacial score (nSPS) is 10.7. The minimum Gasteiger partial charge on any atom is -0.476 e. The van der Waals surface area contributed by atoms with Crippen LogP contribution in [-0.2, 0) is 0 Å². The third kappa shape index (κ3) is 3.29. The van der Waals surface area contributed by atoms with Crippen molar-refractivity contribution in [1.29, 1.82) is 0 Å². The number of aromatic nitrogens is 4. The molecule has 1 aromatic carbocycles. The van der Waals surface area contributed by atoms with Crippen molar-refractivity contribution in [3.63, 3.8) is 0 Å². The molecule has 122 valence electrons. The lowest BCUT2D eigenvalue weighted by Crippen LogP contribution is -2.09. The van der Waals surface area contributed by atoms with E-state index in [1.54, 1.807) is 24.3 Å². The Morgan fingerprint density at radius 1 is 1.17 bits per heavy atom. The van der Waals surface area contributed by atoms with Crippen LogP contribution in [0.1, 0.15) is 35.8 Å². The first-order valence-electron chi connectivity index (χ1n) is 7.72. The SMILES string of the molecule is CCCCOc1nc(N)nc2ncc(C(=O)c3ccccc3)nc12. The van der Waals surface area contributed by atoms with Gasteiger partial charge in [-0.3, -0.25) is 4.79 Å². The van der Waals surface area contributed by atoms with Crippen molar-refractivity contribution in [2.75, 3.05) is 12.3 Å². The number of ether oxygens (including phenoxy) is 1. The summed E-state index contributed by atoms with van der Waals surface area (Å²) in [7, 11) is 0. The first kappa shape index (κ1) is 15.8. The Kier molecular flexibility index (Phi) is 4.60. The highest BCUT2D eigenvalue weighted by atomic mass is 16.5. The summed E-state index contributed by atoms with van der Waals surface area (Å²) >= 11 is 0. The molecule has 24 heavy (non-hydrogen) atoms. The van der Waals surface area contributed by atoms with Crippen molar-refractivity contribution in [3.05, 3.63) is 47.8 Å². The quantitative estimate of drug-likeness (QED) is 0.548. The van der Waals surface area contributed by atoms with Crippen LogP contribution in [-0.4, -0.2) is 32.3 Å². The van der Waals surface area contributed by atoms with Gasteiger partial charge in [0.15, 0.2) is 11.2 Å². The van der Waals surface area contributed by atoms with Gasteiger partial charge in [0.25, 0.3) is 0 Å². The zero-order valence-electron chi connectivity index (χ0n) is 13.3. The van der Waals surface area contributed by atoms with E-state index in [9.17, 15) is 4.79 Å². The second-order valence-electron chi connectivity index (χ2n) is 5.21. The maximum Gasteiger partial charge on any atom is 0.247 e. The number of nitrogens with two attached hydrogens (primary N) is 1. The first-order chi connectivity index (χ1) is 11.7. The number of nitrogens with zero attached hydrogens (tertiary/aromatic N) is 4. The molecule has 7 nitrogen and oxygen atoms in total. The summed E-state index contributed by atoms with van der Waals surface area (Å²) in [4.78, 5) is 29.2. The Morgan fingerprint density at radius 3 is 2.71 bits per heavy atom. The third-order valence-electron chi connectivity index (χ3n) is 3.40. The van der Waals surface area contributed by atoms with Gasteiger partial charge in [-0.1, -0.05) is 43.7 Å². The minimum absolute atomic E-state index is 0.0606. The summed E-state index contributed by atoms with van der Waals surface area (Å²) in [6, 6.07) is 8.90. The number of hydrogen-bond donors (Lipinski definition) is 1. The van der Waals surface area contributed by atoms with Crippen molar-refractivity contribution in [3.8, 4) is 5.88 Å². The van der Waals surface area contributed by atoms with Crippen LogP contribution in [0.5, 0.6) is 5.88 Å². The van der Waals surface area contributed by atoms with Crippen LogP contribution in [0.25, 0.3) is 11.2 Å². The van der Waals surface area contributed by atoms with Gasteiger partial charge >= 0.3 is 0 Å². The second kappa shape index (κ2) is 6.99. The number of nitrogen functional groups attached to an aromatic ring is 1. The third-order valence-corrected chi connectivity index (χ3v) is 3.40. The van der Waals surface area contributed by atoms with E-state index in [1.165, 1.54) is 6.20 Å². The molecule has 0 fully saturated rings. The minimum atomic E-state index is -0.221. The van der Waals surface area contributed by atoms with E-state index in [1.807, 2.05) is 6.07 Å². The fourth-order valence-electron chi connectivity index (χ4n) is 2.16. The monoisotopic (exact) mass is 323 g/mol. The lowest BCUT2D eigenvalue weighted by molar-refractivity contribution is 0.103. The highest BCUT2D eigenvalue weighted by Crippen LogP contribution is 2.21. The molecule has 0 bridgehead atoms. The molecule has 0 unspecified atom stereocenters. The molecule has 0 atom stereocenters. The van der Waals surface area contributed by atoms with Gasteiger partial charge in [0, 0.05) is 5.56 Å². The van der Waals surface area contributed by atoms with Crippen LogP contribution in [0, 0.1) is 0 Å². The van der Waals surface area contributed by atoms with E-state index < -0.39 is 0 Å². The van der Waals surface area contributed by atoms with Crippen LogP contribution in [0.15, 0.2) is 36.5 Å². The fraction of sp³-hybridized carbons (Fsp3) is 0.235. The van der Waals surface area contributed by atoms with Gasteiger partial charge in [-0.05, 0) is 6.42 Å². The molecule has 2 N–H and O–H groups in total. The smallest absolute Gasteiger partial charge is 0.247 e. The average molecular weight is 323 g/mol. The maximum absolute atomic E-state index is 12.5. The van der Waals surface area contributed by atoms with E-state index in [0.29, 0.717) is 23.3 Å². The molecule has 3 rings (SSSR count). The average Bonchev–Trinajstić information content (AvgIpc) is 2.61. The number of carbonyl (C=O) groups is 1. The largest absolute Gasteiger partial charge is 0.476 e. The van der Waals surface area contributed by atoms with Gasteiger partial charge in [0.1, 0.15) is 5.69 Å². The standard InChI is InChI=1S/C17H17N5O2/c1-2-3-9-24-16-13-15(21-17(18)22-16)19-10-12(20-13)14(23)11-7-5-4-6-8-11/h4-8,10H,2-3,9H2,1H3,(H2,18,19,21,22). The van der Waals surface area contributed by atoms with Crippen molar-refractivity contribution in [2.24, 2.45) is 0 Å². The molecular weight excluding hydrogens is 306 g/mol. The molecule has 0 aliphatic heterocycles. The Labute approximate surface area is 138 Å². The van der Waals surface area contributed by atoms with Crippen molar-refractivity contribution < 1.29 is 9.53 Å². The van der Waals surface area contributed by atoms with Crippen molar-refractivity contribution in [1.82, 2.24) is 19.9 Å². The molecule has 7 heteroatoms. The zero-order valence-corrected chi connectivity index (χ0v) is 13.3. The van der Waals surface area contributed by atoms with Gasteiger partial charge in [-0.2, -0.15) is 9.97 Å². The second-order valence-corrected chi connectivity index (χ2v) is 5.21. The molecule has 0 aliphatic rings. The van der Waals surface area contributed by atoms with E-state index in [2.05, 4.69) is 26.9 Å². The van der Waals surface area contributed by atoms with Gasteiger partial charge in [-0.25, -0.2) is 9.97 Å². The molecule has 0 spiro atoms. The number of ketones is 1. The van der Waals surface area contributed by atoms with Gasteiger partial charge in [-0.15, -0.1) is 0 Å². The van der Waals surface area contributed by atoms with Crippen molar-refractivity contribution in [2.45, 2.75) is 19.8 Å². The molecule has 0 aliphatic carbocycles. The highest BCUT2D eigenvalue weighted by Gasteiger charge is 2.16. The molecule has 3 aromatic rings. The summed E-state index contributed by atoms with van der Waals surface area (Å²) in [5.74, 6) is 0.0907. The number of benzene rings is 1. The predicted octanol–water partition coefficient (Wildman–Crippen LogP) is 2.41. The van der Waals surface area contributed by atoms with Crippen LogP contribution in [0.2, 0.25) is 0 Å². The Hall–Kier alpha value is -3.09. The van der Waals surface area contributed by atoms with Gasteiger partial charge in [0.2, 0.25) is 17.6 Å². The van der Waals surface area contributed by atoms with Gasteiger partial charge in [0.05, 0.1) is 12.8 Å². The summed E-state index contributed by atoms with van der Waals surface area (Å²) in [6.07, 6.45) is 3.25. The van der Waals surface area contributed by atoms with Crippen LogP contribution < -0.4 is 10.5 Å². The van der Waals surface area contributed by atoms with E-state index >= 15 is 0 Å². The molecule has 0 saturated heterocycles. The maximum atomic E-state index is 12.5. The number of rotatable bonds is 6. The molecule has 0 amide bonds. The predicted molar refractivity (Wildman–Crippen MR) is 89.8 cm³/mol. The Bertz CT molecular complexity index is 867. The molecule has 0 radical (unpaired) electrons. The van der Waals surface area contributed by atoms with E-state index in [4.69, 9.17) is 10.5 Å². The number of anilines is 1. The van der Waals surface area contributed by atoms with E-state index in [0.717, 1.165) is 12.8 Å². The molecule has 2 aromatic heterocycles. The van der Waals surface area contributed by atoms with Crippen LogP contribution in [0.3, 0.4) is 0 Å². The summed E-state index contributed by atoms with van der Waals surface area (Å²) in [5.41, 5.74) is 7.07. The summed E-state index contributed by atoms with van der Waals surface area (Å²) in [5, 5.41) is 0. The topological polar surface area (TPSA) is 104 Å². The lowest BCUT2D eigenvalue weighted by Gasteiger charge is -2.08. The summed E-state index contributed by atoms with van der Waals surface area (Å²) in [6.45, 7) is 2.55. The van der Waals surface area contributed by atoms with Gasteiger partial charge < -0.3 is 10.5 Å². The zero-order chi connectivity index (χ0) is 16.9. The van der Waals surface area contributed by atoms with E-state index in [-0.39, 0.29) is 23.3 Å². The van der Waals surface area contributed by atoms with Crippen LogP contribution >= 0.6 is 0 Å². The first-order valence-corrected chi connectivity index (χ1v) is 7.72. The number of hydrogen-bond acceptors (Lipinski definition) is 7. The molecular formula is C17H17N5O2.